The van der Waals surface area contributed by atoms with Crippen LogP contribution in [0.1, 0.15) is 20.3 Å². The van der Waals surface area contributed by atoms with Crippen molar-refractivity contribution in [2.45, 2.75) is 26.3 Å². The molecule has 2 heterocycles. The second-order valence-electron chi connectivity index (χ2n) is 6.11. The lowest BCUT2D eigenvalue weighted by atomic mass is 10.1. The maximum atomic E-state index is 12.9. The highest BCUT2D eigenvalue weighted by molar-refractivity contribution is 6.45. The summed E-state index contributed by atoms with van der Waals surface area (Å²) in [4.78, 5) is 63.7. The largest absolute Gasteiger partial charge is 0.334 e. The maximum absolute atomic E-state index is 12.9. The number of anilines is 2. The third-order valence-corrected chi connectivity index (χ3v) is 4.37. The van der Waals surface area contributed by atoms with Crippen LogP contribution in [0.2, 0.25) is 0 Å². The van der Waals surface area contributed by atoms with Crippen molar-refractivity contribution in [3.8, 4) is 0 Å². The summed E-state index contributed by atoms with van der Waals surface area (Å²) in [6, 6.07) is 5.51. The molecule has 2 aliphatic rings. The fourth-order valence-electron chi connectivity index (χ4n) is 3.15. The molecule has 9 heteroatoms. The van der Waals surface area contributed by atoms with Gasteiger partial charge in [-0.15, -0.1) is 0 Å². The Balaban J connectivity index is 1.90. The van der Waals surface area contributed by atoms with E-state index in [1.165, 1.54) is 4.90 Å². The number of para-hydroxylation sites is 2. The first-order chi connectivity index (χ1) is 12.3. The zero-order chi connectivity index (χ0) is 19.0. The first-order valence-electron chi connectivity index (χ1n) is 8.23. The Kier molecular flexibility index (Phi) is 4.45. The predicted octanol–water partition coefficient (Wildman–Crippen LogP) is 0.561. The standard InChI is InChI=1S/C17H18N4O5/c1-3-19-15(24)16(25)20(17(19)26)9-14(23)21-10(2)8-13(22)18-11-6-4-5-7-12(11)21/h4-7,10H,3,8-9H2,1-2H3,(H,18,22). The number of likely N-dealkylation sites (N-methyl/N-ethyl adjacent to an activating group) is 1. The van der Waals surface area contributed by atoms with Gasteiger partial charge >= 0.3 is 17.8 Å². The SMILES string of the molecule is CCN1C(=O)C(=O)N(CC(=O)N2c3ccccc3NC(=O)CC2C)C1=O. The lowest BCUT2D eigenvalue weighted by Gasteiger charge is -2.29. The van der Waals surface area contributed by atoms with Crippen molar-refractivity contribution in [1.29, 1.82) is 0 Å². The van der Waals surface area contributed by atoms with E-state index >= 15 is 0 Å². The summed E-state index contributed by atoms with van der Waals surface area (Å²) in [7, 11) is 0. The molecule has 1 saturated heterocycles. The molecule has 1 unspecified atom stereocenters. The van der Waals surface area contributed by atoms with E-state index in [1.54, 1.807) is 38.1 Å². The molecule has 2 aliphatic heterocycles. The van der Waals surface area contributed by atoms with Crippen LogP contribution in [-0.2, 0) is 19.2 Å². The Morgan fingerprint density at radius 3 is 2.42 bits per heavy atom. The Bertz CT molecular complexity index is 821. The van der Waals surface area contributed by atoms with Gasteiger partial charge in [-0.05, 0) is 26.0 Å². The van der Waals surface area contributed by atoms with Crippen molar-refractivity contribution in [2.75, 3.05) is 23.3 Å². The monoisotopic (exact) mass is 358 g/mol. The molecule has 26 heavy (non-hydrogen) atoms. The average Bonchev–Trinajstić information content (AvgIpc) is 2.72. The molecule has 1 atom stereocenters. The van der Waals surface area contributed by atoms with Crippen LogP contribution in [0.25, 0.3) is 0 Å². The van der Waals surface area contributed by atoms with Crippen molar-refractivity contribution in [2.24, 2.45) is 0 Å². The van der Waals surface area contributed by atoms with Gasteiger partial charge in [0.25, 0.3) is 0 Å². The Hall–Kier alpha value is -3.23. The van der Waals surface area contributed by atoms with E-state index in [-0.39, 0.29) is 18.9 Å². The number of nitrogens with one attached hydrogen (secondary N) is 1. The van der Waals surface area contributed by atoms with E-state index in [9.17, 15) is 24.0 Å². The molecule has 1 fully saturated rings. The fraction of sp³-hybridized carbons (Fsp3) is 0.353. The van der Waals surface area contributed by atoms with Crippen LogP contribution in [0.3, 0.4) is 0 Å². The topological polar surface area (TPSA) is 107 Å². The fourth-order valence-corrected chi connectivity index (χ4v) is 3.15. The Labute approximate surface area is 149 Å². The lowest BCUT2D eigenvalue weighted by molar-refractivity contribution is -0.143. The minimum atomic E-state index is -1.02. The van der Waals surface area contributed by atoms with Crippen LogP contribution in [0.4, 0.5) is 16.2 Å². The van der Waals surface area contributed by atoms with Crippen LogP contribution in [0.15, 0.2) is 24.3 Å². The Morgan fingerprint density at radius 1 is 1.12 bits per heavy atom. The van der Waals surface area contributed by atoms with Crippen molar-refractivity contribution >= 4 is 41.0 Å². The summed E-state index contributed by atoms with van der Waals surface area (Å²) in [5, 5.41) is 2.73. The molecular weight excluding hydrogens is 340 g/mol. The zero-order valence-corrected chi connectivity index (χ0v) is 14.4. The van der Waals surface area contributed by atoms with Crippen molar-refractivity contribution in [3.63, 3.8) is 0 Å². The highest BCUT2D eigenvalue weighted by Gasteiger charge is 2.45. The van der Waals surface area contributed by atoms with Gasteiger partial charge in [-0.1, -0.05) is 12.1 Å². The van der Waals surface area contributed by atoms with Crippen molar-refractivity contribution in [3.05, 3.63) is 24.3 Å². The molecule has 9 nitrogen and oxygen atoms in total. The molecule has 136 valence electrons. The van der Waals surface area contributed by atoms with Crippen molar-refractivity contribution in [1.82, 2.24) is 9.80 Å². The minimum Gasteiger partial charge on any atom is -0.324 e. The highest BCUT2D eigenvalue weighted by atomic mass is 16.2. The lowest BCUT2D eigenvalue weighted by Crippen LogP contribution is -2.47. The summed E-state index contributed by atoms with van der Waals surface area (Å²) in [6.45, 7) is 2.76. The molecule has 0 radical (unpaired) electrons. The van der Waals surface area contributed by atoms with Crippen molar-refractivity contribution < 1.29 is 24.0 Å². The van der Waals surface area contributed by atoms with Crippen LogP contribution < -0.4 is 10.2 Å². The predicted molar refractivity (Wildman–Crippen MR) is 91.1 cm³/mol. The molecule has 3 rings (SSSR count). The number of hydrogen-bond acceptors (Lipinski definition) is 5. The van der Waals surface area contributed by atoms with Gasteiger partial charge in [-0.2, -0.15) is 0 Å². The molecule has 1 aromatic rings. The number of hydrogen-bond donors (Lipinski definition) is 1. The van der Waals surface area contributed by atoms with Gasteiger partial charge in [0.2, 0.25) is 11.8 Å². The summed E-state index contributed by atoms with van der Waals surface area (Å²) in [5.41, 5.74) is 0.953. The molecule has 0 bridgehead atoms. The van der Waals surface area contributed by atoms with Crippen LogP contribution in [0, 0.1) is 0 Å². The number of carbonyl (C=O) groups excluding carboxylic acids is 5. The van der Waals surface area contributed by atoms with E-state index in [0.29, 0.717) is 16.3 Å². The Morgan fingerprint density at radius 2 is 1.77 bits per heavy atom. The molecule has 6 amide bonds. The van der Waals surface area contributed by atoms with Gasteiger partial charge < -0.3 is 10.2 Å². The van der Waals surface area contributed by atoms with Crippen LogP contribution >= 0.6 is 0 Å². The molecule has 1 N–H and O–H groups in total. The van der Waals surface area contributed by atoms with E-state index < -0.39 is 36.3 Å². The van der Waals surface area contributed by atoms with Gasteiger partial charge in [-0.25, -0.2) is 9.69 Å². The number of amides is 6. The summed E-state index contributed by atoms with van der Waals surface area (Å²) in [5.74, 6) is -2.74. The zero-order valence-electron chi connectivity index (χ0n) is 14.4. The molecule has 1 aromatic carbocycles. The second kappa shape index (κ2) is 6.58. The molecule has 0 aromatic heterocycles. The van der Waals surface area contributed by atoms with Gasteiger partial charge in [-0.3, -0.25) is 24.1 Å². The summed E-state index contributed by atoms with van der Waals surface area (Å²) >= 11 is 0. The van der Waals surface area contributed by atoms with E-state index in [1.807, 2.05) is 0 Å². The van der Waals surface area contributed by atoms with Crippen LogP contribution in [-0.4, -0.2) is 58.6 Å². The number of carbonyl (C=O) groups is 5. The summed E-state index contributed by atoms with van der Waals surface area (Å²) in [6.07, 6.45) is 0.0718. The first-order valence-corrected chi connectivity index (χ1v) is 8.23. The smallest absolute Gasteiger partial charge is 0.324 e. The molecule has 0 aliphatic carbocycles. The minimum absolute atomic E-state index is 0.0511. The third kappa shape index (κ3) is 2.81. The number of urea groups is 1. The number of imide groups is 2. The molecular formula is C17H18N4O5. The van der Waals surface area contributed by atoms with Gasteiger partial charge in [0.1, 0.15) is 6.54 Å². The van der Waals surface area contributed by atoms with E-state index in [4.69, 9.17) is 0 Å². The van der Waals surface area contributed by atoms with E-state index in [2.05, 4.69) is 5.32 Å². The first kappa shape index (κ1) is 17.6. The molecule has 0 spiro atoms. The van der Waals surface area contributed by atoms with Gasteiger partial charge in [0, 0.05) is 19.0 Å². The molecule has 0 saturated carbocycles. The van der Waals surface area contributed by atoms with E-state index in [0.717, 1.165) is 4.90 Å². The van der Waals surface area contributed by atoms with Gasteiger partial charge in [0.15, 0.2) is 0 Å². The maximum Gasteiger partial charge on any atom is 0.334 e. The highest BCUT2D eigenvalue weighted by Crippen LogP contribution is 2.31. The van der Waals surface area contributed by atoms with Gasteiger partial charge in [0.05, 0.1) is 11.4 Å². The second-order valence-corrected chi connectivity index (χ2v) is 6.11. The summed E-state index contributed by atoms with van der Waals surface area (Å²) < 4.78 is 0. The quantitative estimate of drug-likeness (QED) is 0.628. The average molecular weight is 358 g/mol. The number of nitrogens with zero attached hydrogens (tertiary/aromatic N) is 3. The number of rotatable bonds is 3. The normalized spacial score (nSPS) is 20.2. The number of fused-ring (bicyclic) bond motifs is 1. The number of benzene rings is 1. The third-order valence-electron chi connectivity index (χ3n) is 4.37. The van der Waals surface area contributed by atoms with Crippen LogP contribution in [0.5, 0.6) is 0 Å².